The van der Waals surface area contributed by atoms with E-state index in [1.54, 1.807) is 4.90 Å². The molecule has 21 heavy (non-hydrogen) atoms. The standard InChI is InChI=1S/C15H20N2O3S/c1-3-11-10-17(12-6-4-5-7-13(12)21-11)15(19)16-9-8-14(18)20-2/h4-7,11H,3,8-10H2,1-2H3,(H,16,19)/t11-/m1/s1. The number of carbonyl (C=O) groups is 2. The number of rotatable bonds is 4. The molecule has 1 atom stereocenters. The molecule has 114 valence electrons. The lowest BCUT2D eigenvalue weighted by atomic mass is 10.2. The van der Waals surface area contributed by atoms with Crippen LogP contribution < -0.4 is 10.2 Å². The first-order valence-corrected chi connectivity index (χ1v) is 7.91. The highest BCUT2D eigenvalue weighted by atomic mass is 32.2. The number of methoxy groups -OCH3 is 1. The molecule has 0 fully saturated rings. The third kappa shape index (κ3) is 3.91. The number of carbonyl (C=O) groups excluding carboxylic acids is 2. The van der Waals surface area contributed by atoms with E-state index in [-0.39, 0.29) is 25.0 Å². The number of hydrogen-bond acceptors (Lipinski definition) is 4. The first-order valence-electron chi connectivity index (χ1n) is 7.03. The van der Waals surface area contributed by atoms with Crippen molar-refractivity contribution in [3.63, 3.8) is 0 Å². The molecule has 0 saturated heterocycles. The Morgan fingerprint density at radius 3 is 2.90 bits per heavy atom. The highest BCUT2D eigenvalue weighted by Crippen LogP contribution is 2.39. The molecule has 0 aromatic heterocycles. The molecule has 1 aromatic carbocycles. The van der Waals surface area contributed by atoms with Crippen molar-refractivity contribution in [2.24, 2.45) is 0 Å². The maximum absolute atomic E-state index is 12.3. The summed E-state index contributed by atoms with van der Waals surface area (Å²) in [5, 5.41) is 3.17. The summed E-state index contributed by atoms with van der Waals surface area (Å²) in [6, 6.07) is 7.74. The topological polar surface area (TPSA) is 58.6 Å². The highest BCUT2D eigenvalue weighted by molar-refractivity contribution is 8.00. The summed E-state index contributed by atoms with van der Waals surface area (Å²) < 4.78 is 4.56. The molecule has 1 aromatic rings. The maximum atomic E-state index is 12.3. The molecule has 0 radical (unpaired) electrons. The SMILES string of the molecule is CC[C@@H]1CN(C(=O)NCCC(=O)OC)c2ccccc2S1. The number of para-hydroxylation sites is 1. The van der Waals surface area contributed by atoms with Crippen molar-refractivity contribution in [3.8, 4) is 0 Å². The Morgan fingerprint density at radius 2 is 2.19 bits per heavy atom. The predicted molar refractivity (Wildman–Crippen MR) is 83.8 cm³/mol. The second-order valence-electron chi connectivity index (χ2n) is 4.78. The number of anilines is 1. The van der Waals surface area contributed by atoms with Gasteiger partial charge in [0.1, 0.15) is 0 Å². The summed E-state index contributed by atoms with van der Waals surface area (Å²) >= 11 is 1.81. The first-order chi connectivity index (χ1) is 10.2. The van der Waals surface area contributed by atoms with E-state index in [1.165, 1.54) is 7.11 Å². The Hall–Kier alpha value is -1.69. The lowest BCUT2D eigenvalue weighted by Crippen LogP contribution is -2.45. The fraction of sp³-hybridized carbons (Fsp3) is 0.467. The number of fused-ring (bicyclic) bond motifs is 1. The molecule has 2 rings (SSSR count). The minimum absolute atomic E-state index is 0.162. The smallest absolute Gasteiger partial charge is 0.321 e. The molecule has 1 aliphatic heterocycles. The van der Waals surface area contributed by atoms with E-state index in [9.17, 15) is 9.59 Å². The van der Waals surface area contributed by atoms with Gasteiger partial charge in [0.25, 0.3) is 0 Å². The van der Waals surface area contributed by atoms with Gasteiger partial charge in [-0.05, 0) is 18.6 Å². The number of nitrogens with one attached hydrogen (secondary N) is 1. The van der Waals surface area contributed by atoms with Crippen molar-refractivity contribution >= 4 is 29.4 Å². The van der Waals surface area contributed by atoms with E-state index in [0.717, 1.165) is 17.0 Å². The number of amides is 2. The summed E-state index contributed by atoms with van der Waals surface area (Å²) in [5.41, 5.74) is 0.933. The number of thioether (sulfide) groups is 1. The van der Waals surface area contributed by atoms with Crippen LogP contribution in [0.4, 0.5) is 10.5 Å². The second kappa shape index (κ2) is 7.36. The van der Waals surface area contributed by atoms with E-state index < -0.39 is 0 Å². The van der Waals surface area contributed by atoms with Crippen LogP contribution in [0.2, 0.25) is 0 Å². The minimum atomic E-state index is -0.323. The Balaban J connectivity index is 2.04. The number of benzene rings is 1. The predicted octanol–water partition coefficient (Wildman–Crippen LogP) is 2.65. The van der Waals surface area contributed by atoms with E-state index >= 15 is 0 Å². The van der Waals surface area contributed by atoms with Crippen LogP contribution in [-0.2, 0) is 9.53 Å². The van der Waals surface area contributed by atoms with Crippen LogP contribution in [0.25, 0.3) is 0 Å². The molecular formula is C15H20N2O3S. The van der Waals surface area contributed by atoms with Gasteiger partial charge >= 0.3 is 12.0 Å². The summed E-state index contributed by atoms with van der Waals surface area (Å²) in [6.45, 7) is 3.09. The molecule has 0 bridgehead atoms. The van der Waals surface area contributed by atoms with E-state index in [4.69, 9.17) is 0 Å². The number of urea groups is 1. The number of ether oxygens (including phenoxy) is 1. The van der Waals surface area contributed by atoms with E-state index in [1.807, 2.05) is 36.0 Å². The van der Waals surface area contributed by atoms with Crippen LogP contribution >= 0.6 is 11.8 Å². The molecular weight excluding hydrogens is 288 g/mol. The van der Waals surface area contributed by atoms with Gasteiger partial charge in [-0.2, -0.15) is 0 Å². The molecule has 2 amide bonds. The highest BCUT2D eigenvalue weighted by Gasteiger charge is 2.27. The van der Waals surface area contributed by atoms with Gasteiger partial charge in [-0.25, -0.2) is 4.79 Å². The normalized spacial score (nSPS) is 17.0. The lowest BCUT2D eigenvalue weighted by Gasteiger charge is -2.33. The van der Waals surface area contributed by atoms with Gasteiger partial charge in [-0.1, -0.05) is 19.1 Å². The zero-order chi connectivity index (χ0) is 15.2. The van der Waals surface area contributed by atoms with E-state index in [2.05, 4.69) is 17.0 Å². The number of esters is 1. The van der Waals surface area contributed by atoms with Crippen LogP contribution in [0.5, 0.6) is 0 Å². The number of nitrogens with zero attached hydrogens (tertiary/aromatic N) is 1. The molecule has 0 aliphatic carbocycles. The summed E-state index contributed by atoms with van der Waals surface area (Å²) in [7, 11) is 1.34. The average molecular weight is 308 g/mol. The first kappa shape index (κ1) is 15.7. The van der Waals surface area contributed by atoms with Gasteiger partial charge in [0.15, 0.2) is 0 Å². The average Bonchev–Trinajstić information content (AvgIpc) is 2.53. The van der Waals surface area contributed by atoms with Crippen molar-refractivity contribution < 1.29 is 14.3 Å². The zero-order valence-electron chi connectivity index (χ0n) is 12.3. The maximum Gasteiger partial charge on any atom is 0.321 e. The molecule has 0 unspecified atom stereocenters. The van der Waals surface area contributed by atoms with Crippen LogP contribution in [0.1, 0.15) is 19.8 Å². The minimum Gasteiger partial charge on any atom is -0.469 e. The van der Waals surface area contributed by atoms with Gasteiger partial charge in [0.2, 0.25) is 0 Å². The van der Waals surface area contributed by atoms with Crippen LogP contribution in [0, 0.1) is 0 Å². The largest absolute Gasteiger partial charge is 0.469 e. The summed E-state index contributed by atoms with van der Waals surface area (Å²) in [5.74, 6) is -0.323. The van der Waals surface area contributed by atoms with Crippen LogP contribution in [0.15, 0.2) is 29.2 Å². The van der Waals surface area contributed by atoms with Crippen molar-refractivity contribution in [1.29, 1.82) is 0 Å². The van der Waals surface area contributed by atoms with Crippen molar-refractivity contribution in [3.05, 3.63) is 24.3 Å². The van der Waals surface area contributed by atoms with Gasteiger partial charge in [0, 0.05) is 23.2 Å². The molecule has 1 N–H and O–H groups in total. The molecule has 0 spiro atoms. The Bertz CT molecular complexity index is 521. The molecule has 1 heterocycles. The monoisotopic (exact) mass is 308 g/mol. The van der Waals surface area contributed by atoms with Crippen molar-refractivity contribution in [2.45, 2.75) is 29.9 Å². The lowest BCUT2D eigenvalue weighted by molar-refractivity contribution is -0.140. The fourth-order valence-corrected chi connectivity index (χ4v) is 3.38. The van der Waals surface area contributed by atoms with Crippen molar-refractivity contribution in [2.75, 3.05) is 25.1 Å². The quantitative estimate of drug-likeness (QED) is 0.869. The van der Waals surface area contributed by atoms with Crippen LogP contribution in [0.3, 0.4) is 0 Å². The Labute approximate surface area is 129 Å². The summed E-state index contributed by atoms with van der Waals surface area (Å²) in [4.78, 5) is 26.3. The van der Waals surface area contributed by atoms with Crippen LogP contribution in [-0.4, -0.2) is 37.4 Å². The summed E-state index contributed by atoms with van der Waals surface area (Å²) in [6.07, 6.45) is 1.19. The molecule has 6 heteroatoms. The zero-order valence-corrected chi connectivity index (χ0v) is 13.1. The Morgan fingerprint density at radius 1 is 1.43 bits per heavy atom. The second-order valence-corrected chi connectivity index (χ2v) is 6.13. The fourth-order valence-electron chi connectivity index (χ4n) is 2.17. The van der Waals surface area contributed by atoms with Gasteiger partial charge in [-0.15, -0.1) is 11.8 Å². The van der Waals surface area contributed by atoms with Gasteiger partial charge < -0.3 is 10.1 Å². The van der Waals surface area contributed by atoms with Gasteiger partial charge in [0.05, 0.1) is 19.2 Å². The number of hydrogen-bond donors (Lipinski definition) is 1. The molecule has 5 nitrogen and oxygen atoms in total. The molecule has 0 saturated carbocycles. The van der Waals surface area contributed by atoms with Crippen molar-refractivity contribution in [1.82, 2.24) is 5.32 Å². The third-order valence-electron chi connectivity index (χ3n) is 3.37. The molecule has 1 aliphatic rings. The van der Waals surface area contributed by atoms with Gasteiger partial charge in [-0.3, -0.25) is 9.69 Å². The Kier molecular flexibility index (Phi) is 5.50. The third-order valence-corrected chi connectivity index (χ3v) is 4.78. The van der Waals surface area contributed by atoms with E-state index in [0.29, 0.717) is 11.8 Å².